The molecule has 2 aliphatic heterocycles. The molecule has 2 heterocycles. The van der Waals surface area contributed by atoms with E-state index in [0.717, 1.165) is 31.2 Å². The Bertz CT molecular complexity index is 696. The van der Waals surface area contributed by atoms with E-state index in [1.54, 1.807) is 6.92 Å². The van der Waals surface area contributed by atoms with Crippen molar-refractivity contribution in [2.24, 2.45) is 11.8 Å². The molecular formula is C20H24N2O3. The quantitative estimate of drug-likeness (QED) is 0.627. The maximum Gasteiger partial charge on any atom is 0.242 e. The first-order valence-electron chi connectivity index (χ1n) is 9.37. The first kappa shape index (κ1) is 16.3. The standard InChI is InChI=1S/C20H24N2O3/c1-2-21-18(23)15-16(19(21)24)20(25)22(14-11-7-4-8-12-14)17(15)13-9-5-3-6-10-13/h3,5-6,9-10,14-17H,2,4,7-8,11-12H2,1H3/t15-,16-,17+/m0/s1. The highest BCUT2D eigenvalue weighted by atomic mass is 16.2. The molecule has 1 saturated carbocycles. The molecule has 132 valence electrons. The fraction of sp³-hybridized carbons (Fsp3) is 0.550. The predicted octanol–water partition coefficient (Wildman–Crippen LogP) is 2.52. The third-order valence-electron chi connectivity index (χ3n) is 6.03. The first-order valence-corrected chi connectivity index (χ1v) is 9.37. The molecule has 0 radical (unpaired) electrons. The van der Waals surface area contributed by atoms with E-state index in [4.69, 9.17) is 0 Å². The Labute approximate surface area is 148 Å². The van der Waals surface area contributed by atoms with E-state index >= 15 is 0 Å². The monoisotopic (exact) mass is 340 g/mol. The number of fused-ring (bicyclic) bond motifs is 1. The highest BCUT2D eigenvalue weighted by molar-refractivity contribution is 6.17. The first-order chi connectivity index (χ1) is 12.1. The van der Waals surface area contributed by atoms with Crippen LogP contribution in [0.15, 0.2) is 30.3 Å². The van der Waals surface area contributed by atoms with Gasteiger partial charge in [0.15, 0.2) is 0 Å². The summed E-state index contributed by atoms with van der Waals surface area (Å²) in [5.41, 5.74) is 0.966. The van der Waals surface area contributed by atoms with Crippen LogP contribution in [0.5, 0.6) is 0 Å². The van der Waals surface area contributed by atoms with Crippen LogP contribution in [0.1, 0.15) is 50.6 Å². The Hall–Kier alpha value is -2.17. The number of benzene rings is 1. The molecule has 3 aliphatic rings. The van der Waals surface area contributed by atoms with E-state index in [1.165, 1.54) is 11.3 Å². The zero-order valence-corrected chi connectivity index (χ0v) is 14.6. The van der Waals surface area contributed by atoms with Crippen molar-refractivity contribution >= 4 is 17.7 Å². The fourth-order valence-electron chi connectivity index (χ4n) is 4.90. The van der Waals surface area contributed by atoms with Crippen LogP contribution < -0.4 is 0 Å². The Morgan fingerprint density at radius 2 is 1.60 bits per heavy atom. The van der Waals surface area contributed by atoms with Gasteiger partial charge in [0, 0.05) is 12.6 Å². The van der Waals surface area contributed by atoms with Crippen LogP contribution in [0.2, 0.25) is 0 Å². The molecule has 25 heavy (non-hydrogen) atoms. The van der Waals surface area contributed by atoms with Gasteiger partial charge in [0.05, 0.1) is 12.0 Å². The molecule has 3 fully saturated rings. The van der Waals surface area contributed by atoms with Gasteiger partial charge in [-0.15, -0.1) is 0 Å². The molecule has 1 aromatic rings. The van der Waals surface area contributed by atoms with E-state index in [1.807, 2.05) is 35.2 Å². The van der Waals surface area contributed by atoms with Crippen LogP contribution in [0.4, 0.5) is 0 Å². The van der Waals surface area contributed by atoms with Gasteiger partial charge in [0.25, 0.3) is 0 Å². The van der Waals surface area contributed by atoms with Gasteiger partial charge >= 0.3 is 0 Å². The van der Waals surface area contributed by atoms with Crippen LogP contribution in [0, 0.1) is 11.8 Å². The van der Waals surface area contributed by atoms with Gasteiger partial charge in [0.2, 0.25) is 17.7 Å². The summed E-state index contributed by atoms with van der Waals surface area (Å²) in [6.45, 7) is 2.13. The van der Waals surface area contributed by atoms with Gasteiger partial charge in [-0.1, -0.05) is 49.6 Å². The van der Waals surface area contributed by atoms with Crippen molar-refractivity contribution in [1.82, 2.24) is 9.80 Å². The molecule has 4 rings (SSSR count). The highest BCUT2D eigenvalue weighted by Gasteiger charge is 2.63. The summed E-state index contributed by atoms with van der Waals surface area (Å²) in [6, 6.07) is 9.59. The number of carbonyl (C=O) groups excluding carboxylic acids is 3. The second-order valence-electron chi connectivity index (χ2n) is 7.32. The molecule has 0 aromatic heterocycles. The number of carbonyl (C=O) groups is 3. The number of likely N-dealkylation sites (tertiary alicyclic amines) is 2. The lowest BCUT2D eigenvalue weighted by atomic mass is 9.87. The Balaban J connectivity index is 1.78. The minimum atomic E-state index is -0.820. The van der Waals surface area contributed by atoms with Gasteiger partial charge < -0.3 is 4.90 Å². The molecule has 0 unspecified atom stereocenters. The van der Waals surface area contributed by atoms with Crippen LogP contribution in [0.25, 0.3) is 0 Å². The predicted molar refractivity (Wildman–Crippen MR) is 92.3 cm³/mol. The Morgan fingerprint density at radius 3 is 2.24 bits per heavy atom. The zero-order valence-electron chi connectivity index (χ0n) is 14.6. The third kappa shape index (κ3) is 2.40. The lowest BCUT2D eigenvalue weighted by Crippen LogP contribution is -2.44. The smallest absolute Gasteiger partial charge is 0.242 e. The highest BCUT2D eigenvalue weighted by Crippen LogP contribution is 2.49. The van der Waals surface area contributed by atoms with Crippen molar-refractivity contribution in [3.05, 3.63) is 35.9 Å². The van der Waals surface area contributed by atoms with Gasteiger partial charge in [-0.25, -0.2) is 0 Å². The van der Waals surface area contributed by atoms with Gasteiger partial charge in [0.1, 0.15) is 5.92 Å². The largest absolute Gasteiger partial charge is 0.331 e. The summed E-state index contributed by atoms with van der Waals surface area (Å²) in [6.07, 6.45) is 5.34. The topological polar surface area (TPSA) is 57.7 Å². The van der Waals surface area contributed by atoms with E-state index in [-0.39, 0.29) is 29.8 Å². The number of hydrogen-bond donors (Lipinski definition) is 0. The van der Waals surface area contributed by atoms with Gasteiger partial charge in [-0.2, -0.15) is 0 Å². The fourth-order valence-corrected chi connectivity index (χ4v) is 4.90. The molecule has 5 heteroatoms. The van der Waals surface area contributed by atoms with Crippen molar-refractivity contribution in [1.29, 1.82) is 0 Å². The summed E-state index contributed by atoms with van der Waals surface area (Å²) < 4.78 is 0. The molecule has 2 saturated heterocycles. The SMILES string of the molecule is CCN1C(=O)[C@H]2C(=O)N(C3CCCCC3)[C@H](c3ccccc3)[C@H]2C1=O. The van der Waals surface area contributed by atoms with Crippen molar-refractivity contribution in [2.45, 2.75) is 51.1 Å². The molecular weight excluding hydrogens is 316 g/mol. The second-order valence-corrected chi connectivity index (χ2v) is 7.32. The van der Waals surface area contributed by atoms with E-state index < -0.39 is 11.8 Å². The molecule has 0 N–H and O–H groups in total. The maximum atomic E-state index is 13.2. The molecule has 1 aliphatic carbocycles. The van der Waals surface area contributed by atoms with Gasteiger partial charge in [-0.3, -0.25) is 19.3 Å². The number of nitrogens with zero attached hydrogens (tertiary/aromatic N) is 2. The van der Waals surface area contributed by atoms with Crippen molar-refractivity contribution in [3.63, 3.8) is 0 Å². The Kier molecular flexibility index (Phi) is 4.10. The van der Waals surface area contributed by atoms with Crippen LogP contribution in [0.3, 0.4) is 0 Å². The van der Waals surface area contributed by atoms with E-state index in [9.17, 15) is 14.4 Å². The van der Waals surface area contributed by atoms with E-state index in [0.29, 0.717) is 6.54 Å². The lowest BCUT2D eigenvalue weighted by Gasteiger charge is -2.37. The second kappa shape index (κ2) is 6.28. The minimum Gasteiger partial charge on any atom is -0.331 e. The molecule has 0 spiro atoms. The third-order valence-corrected chi connectivity index (χ3v) is 6.03. The summed E-state index contributed by atoms with van der Waals surface area (Å²) in [7, 11) is 0. The van der Waals surface area contributed by atoms with Crippen LogP contribution in [-0.4, -0.2) is 40.1 Å². The molecule has 5 nitrogen and oxygen atoms in total. The average Bonchev–Trinajstić information content (AvgIpc) is 3.09. The number of rotatable bonds is 3. The van der Waals surface area contributed by atoms with Crippen molar-refractivity contribution in [2.75, 3.05) is 6.54 Å². The summed E-state index contributed by atoms with van der Waals surface area (Å²) in [4.78, 5) is 42.0. The molecule has 1 aromatic carbocycles. The van der Waals surface area contributed by atoms with E-state index in [2.05, 4.69) is 0 Å². The number of hydrogen-bond acceptors (Lipinski definition) is 3. The molecule has 0 bridgehead atoms. The lowest BCUT2D eigenvalue weighted by molar-refractivity contribution is -0.145. The minimum absolute atomic E-state index is 0.139. The summed E-state index contributed by atoms with van der Waals surface area (Å²) >= 11 is 0. The van der Waals surface area contributed by atoms with Crippen LogP contribution in [-0.2, 0) is 14.4 Å². The number of imide groups is 1. The summed E-state index contributed by atoms with van der Waals surface area (Å²) in [5, 5.41) is 0. The Morgan fingerprint density at radius 1 is 0.920 bits per heavy atom. The van der Waals surface area contributed by atoms with Crippen molar-refractivity contribution < 1.29 is 14.4 Å². The normalized spacial score (nSPS) is 30.3. The number of amides is 3. The van der Waals surface area contributed by atoms with Crippen LogP contribution >= 0.6 is 0 Å². The molecule has 3 atom stereocenters. The van der Waals surface area contributed by atoms with Gasteiger partial charge in [-0.05, 0) is 25.3 Å². The maximum absolute atomic E-state index is 13.2. The molecule has 3 amide bonds. The zero-order chi connectivity index (χ0) is 17.6. The summed E-state index contributed by atoms with van der Waals surface area (Å²) in [5.74, 6) is -2.01. The van der Waals surface area contributed by atoms with Crippen molar-refractivity contribution in [3.8, 4) is 0 Å². The average molecular weight is 340 g/mol.